The Hall–Kier alpha value is 0.719. The molecule has 10 heavy (non-hydrogen) atoms. The van der Waals surface area contributed by atoms with Crippen LogP contribution in [0.1, 0.15) is 27.2 Å². The van der Waals surface area contributed by atoms with Crippen LogP contribution in [0.15, 0.2) is 0 Å². The Kier molecular flexibility index (Phi) is 4.90. The van der Waals surface area contributed by atoms with Gasteiger partial charge >= 0.3 is 74.9 Å². The van der Waals surface area contributed by atoms with Crippen LogP contribution in [-0.4, -0.2) is 44.6 Å². The molecule has 0 heterocycles. The van der Waals surface area contributed by atoms with Gasteiger partial charge in [0.1, 0.15) is 0 Å². The van der Waals surface area contributed by atoms with E-state index >= 15 is 0 Å². The van der Waals surface area contributed by atoms with Crippen LogP contribution in [0.25, 0.3) is 0 Å². The van der Waals surface area contributed by atoms with Crippen molar-refractivity contribution in [3.8, 4) is 0 Å². The van der Waals surface area contributed by atoms with Gasteiger partial charge in [0.15, 0.2) is 0 Å². The van der Waals surface area contributed by atoms with Crippen molar-refractivity contribution in [3.63, 3.8) is 0 Å². The van der Waals surface area contributed by atoms with Crippen molar-refractivity contribution in [1.82, 2.24) is 3.12 Å². The second-order valence-electron chi connectivity index (χ2n) is 3.20. The molecule has 0 saturated carbocycles. The Labute approximate surface area is 75.1 Å². The van der Waals surface area contributed by atoms with E-state index in [0.29, 0.717) is 0 Å². The number of rotatable bonds is 4. The van der Waals surface area contributed by atoms with Crippen molar-refractivity contribution in [1.29, 1.82) is 0 Å². The predicted molar refractivity (Wildman–Crippen MR) is 44.9 cm³/mol. The maximum atomic E-state index is 5.74. The zero-order valence-corrected chi connectivity index (χ0v) is 10.4. The summed E-state index contributed by atoms with van der Waals surface area (Å²) >= 11 is -0.692. The fourth-order valence-corrected chi connectivity index (χ4v) is 1.93. The van der Waals surface area contributed by atoms with Gasteiger partial charge in [-0.3, -0.25) is 0 Å². The first-order chi connectivity index (χ1) is 4.48. The molecule has 0 aromatic carbocycles. The van der Waals surface area contributed by atoms with Crippen LogP contribution >= 0.6 is 0 Å². The van der Waals surface area contributed by atoms with Gasteiger partial charge in [-0.25, -0.2) is 0 Å². The van der Waals surface area contributed by atoms with E-state index in [-0.39, 0.29) is 5.60 Å². The number of nitrogens with zero attached hydrogens (tertiary/aromatic N) is 1. The quantitative estimate of drug-likeness (QED) is 0.697. The zero-order chi connectivity index (χ0) is 8.20. The van der Waals surface area contributed by atoms with Crippen molar-refractivity contribution in [2.45, 2.75) is 32.8 Å². The molecule has 0 amide bonds. The zero-order valence-electron chi connectivity index (χ0n) is 7.56. The summed E-state index contributed by atoms with van der Waals surface area (Å²) in [5.41, 5.74) is 0.108. The van der Waals surface area contributed by atoms with Crippen molar-refractivity contribution < 1.29 is 3.07 Å². The molecule has 0 aliphatic rings. The molecule has 0 aromatic heterocycles. The molecule has 0 fully saturated rings. The summed E-state index contributed by atoms with van der Waals surface area (Å²) < 4.78 is 7.93. The third-order valence-corrected chi connectivity index (χ3v) is 4.24. The molecular weight excluding hydrogens is 233 g/mol. The summed E-state index contributed by atoms with van der Waals surface area (Å²) in [6, 6.07) is 0. The summed E-state index contributed by atoms with van der Waals surface area (Å²) in [6.07, 6.45) is 1.10. The Morgan fingerprint density at radius 2 is 1.90 bits per heavy atom. The summed E-state index contributed by atoms with van der Waals surface area (Å²) in [5.74, 6) is 0. The standard InChI is InChI=1S/C5H11O.C2H6N.Sn/c1-4-5(2,3)6;1-3-2;/h4H2,1-3H3;1-2H3;/q2*-1;+2. The van der Waals surface area contributed by atoms with Crippen LogP contribution in [0.5, 0.6) is 0 Å². The average molecular weight is 250 g/mol. The van der Waals surface area contributed by atoms with Crippen LogP contribution < -0.4 is 0 Å². The van der Waals surface area contributed by atoms with Crippen LogP contribution in [-0.2, 0) is 3.07 Å². The van der Waals surface area contributed by atoms with E-state index in [1.807, 2.05) is 0 Å². The van der Waals surface area contributed by atoms with Gasteiger partial charge in [0.05, 0.1) is 0 Å². The monoisotopic (exact) mass is 251 g/mol. The van der Waals surface area contributed by atoms with E-state index in [1.165, 1.54) is 0 Å². The fourth-order valence-electron chi connectivity index (χ4n) is 0.287. The van der Waals surface area contributed by atoms with Crippen molar-refractivity contribution in [2.75, 3.05) is 14.1 Å². The molecular formula is C7H17NOSn. The van der Waals surface area contributed by atoms with E-state index in [0.717, 1.165) is 6.42 Å². The van der Waals surface area contributed by atoms with Crippen LogP contribution in [0.3, 0.4) is 0 Å². The first-order valence-corrected chi connectivity index (χ1v) is 6.03. The molecule has 0 aromatic rings. The molecule has 0 aliphatic heterocycles. The number of hydrogen-bond acceptors (Lipinski definition) is 2. The normalized spacial score (nSPS) is 12.6. The predicted octanol–water partition coefficient (Wildman–Crippen LogP) is 1.29. The third-order valence-electron chi connectivity index (χ3n) is 1.36. The van der Waals surface area contributed by atoms with Gasteiger partial charge in [-0.2, -0.15) is 0 Å². The SMILES string of the molecule is CCC(C)(C)[O][Sn][N](C)C. The molecule has 3 heteroatoms. The van der Waals surface area contributed by atoms with E-state index < -0.39 is 21.8 Å². The van der Waals surface area contributed by atoms with Gasteiger partial charge in [-0.05, 0) is 0 Å². The second-order valence-corrected chi connectivity index (χ2v) is 6.86. The van der Waals surface area contributed by atoms with Crippen LogP contribution in [0.4, 0.5) is 0 Å². The first kappa shape index (κ1) is 10.7. The van der Waals surface area contributed by atoms with Crippen molar-refractivity contribution in [3.05, 3.63) is 0 Å². The molecule has 0 rings (SSSR count). The molecule has 0 aliphatic carbocycles. The Bertz CT molecular complexity index is 93.6. The fraction of sp³-hybridized carbons (Fsp3) is 1.00. The summed E-state index contributed by atoms with van der Waals surface area (Å²) in [7, 11) is 4.16. The summed E-state index contributed by atoms with van der Waals surface area (Å²) in [4.78, 5) is 0. The summed E-state index contributed by atoms with van der Waals surface area (Å²) in [6.45, 7) is 6.46. The molecule has 2 radical (unpaired) electrons. The van der Waals surface area contributed by atoms with Gasteiger partial charge in [0.2, 0.25) is 0 Å². The minimum absolute atomic E-state index is 0.108. The van der Waals surface area contributed by atoms with Crippen LogP contribution in [0, 0.1) is 0 Å². The van der Waals surface area contributed by atoms with E-state index in [9.17, 15) is 0 Å². The van der Waals surface area contributed by atoms with Crippen LogP contribution in [0.2, 0.25) is 0 Å². The maximum absolute atomic E-state index is 5.74. The second kappa shape index (κ2) is 4.57. The Morgan fingerprint density at radius 1 is 1.40 bits per heavy atom. The van der Waals surface area contributed by atoms with Gasteiger partial charge in [0, 0.05) is 0 Å². The average Bonchev–Trinajstić information content (AvgIpc) is 1.85. The van der Waals surface area contributed by atoms with E-state index in [1.54, 1.807) is 0 Å². The van der Waals surface area contributed by atoms with E-state index in [4.69, 9.17) is 3.07 Å². The van der Waals surface area contributed by atoms with Gasteiger partial charge in [-0.1, -0.05) is 0 Å². The number of hydrogen-bond donors (Lipinski definition) is 0. The Balaban J connectivity index is 3.46. The minimum atomic E-state index is -0.692. The van der Waals surface area contributed by atoms with Gasteiger partial charge in [-0.15, -0.1) is 0 Å². The topological polar surface area (TPSA) is 12.5 Å². The van der Waals surface area contributed by atoms with E-state index in [2.05, 4.69) is 38.0 Å². The van der Waals surface area contributed by atoms with Crippen molar-refractivity contribution in [2.24, 2.45) is 0 Å². The molecule has 60 valence electrons. The summed E-state index contributed by atoms with van der Waals surface area (Å²) in [5, 5.41) is 0. The first-order valence-electron chi connectivity index (χ1n) is 3.59. The molecule has 0 saturated heterocycles. The molecule has 2 nitrogen and oxygen atoms in total. The Morgan fingerprint density at radius 3 is 2.20 bits per heavy atom. The third kappa shape index (κ3) is 5.50. The molecule has 0 unspecified atom stereocenters. The molecule has 0 N–H and O–H groups in total. The van der Waals surface area contributed by atoms with Crippen molar-refractivity contribution >= 4 is 21.8 Å². The van der Waals surface area contributed by atoms with Gasteiger partial charge < -0.3 is 0 Å². The molecule has 0 bridgehead atoms. The molecule has 0 spiro atoms. The molecule has 0 atom stereocenters. The van der Waals surface area contributed by atoms with Gasteiger partial charge in [0.25, 0.3) is 0 Å².